The average molecular weight is 404 g/mol. The van der Waals surface area contributed by atoms with Crippen LogP contribution in [0.1, 0.15) is 23.2 Å². The number of anilines is 2. The zero-order chi connectivity index (χ0) is 19.8. The third-order valence-corrected chi connectivity index (χ3v) is 6.11. The number of methoxy groups -OCH3 is 1. The molecule has 0 aliphatic carbocycles. The van der Waals surface area contributed by atoms with Crippen LogP contribution in [0.5, 0.6) is 5.75 Å². The van der Waals surface area contributed by atoms with Gasteiger partial charge in [-0.05, 0) is 37.1 Å². The monoisotopic (exact) mass is 404 g/mol. The number of hydrogen-bond acceptors (Lipinski definition) is 6. The smallest absolute Gasteiger partial charge is 0.261 e. The fourth-order valence-electron chi connectivity index (χ4n) is 3.75. The Morgan fingerprint density at radius 3 is 2.76 bits per heavy atom. The van der Waals surface area contributed by atoms with Gasteiger partial charge in [-0.25, -0.2) is 9.97 Å². The van der Waals surface area contributed by atoms with E-state index in [9.17, 15) is 4.79 Å². The van der Waals surface area contributed by atoms with Crippen LogP contribution in [0, 0.1) is 0 Å². The Labute approximate surface area is 172 Å². The minimum Gasteiger partial charge on any atom is -0.494 e. The van der Waals surface area contributed by atoms with E-state index in [0.717, 1.165) is 52.9 Å². The van der Waals surface area contributed by atoms with E-state index in [1.807, 2.05) is 48.5 Å². The molecule has 0 atom stereocenters. The van der Waals surface area contributed by atoms with Crippen LogP contribution in [0.15, 0.2) is 48.5 Å². The van der Waals surface area contributed by atoms with E-state index in [1.165, 1.54) is 11.3 Å². The van der Waals surface area contributed by atoms with E-state index in [0.29, 0.717) is 16.4 Å². The summed E-state index contributed by atoms with van der Waals surface area (Å²) in [6, 6.07) is 15.6. The summed E-state index contributed by atoms with van der Waals surface area (Å²) in [5.41, 5.74) is 2.24. The Morgan fingerprint density at radius 1 is 1.10 bits per heavy atom. The van der Waals surface area contributed by atoms with Crippen molar-refractivity contribution < 1.29 is 9.53 Å². The lowest BCUT2D eigenvalue weighted by Crippen LogP contribution is -2.24. The number of ether oxygens (including phenoxy) is 1. The number of fused-ring (bicyclic) bond motifs is 2. The maximum Gasteiger partial charge on any atom is 0.261 e. The summed E-state index contributed by atoms with van der Waals surface area (Å²) < 4.78 is 6.35. The van der Waals surface area contributed by atoms with Crippen molar-refractivity contribution in [3.8, 4) is 5.75 Å². The van der Waals surface area contributed by atoms with Crippen LogP contribution in [0.3, 0.4) is 0 Å². The van der Waals surface area contributed by atoms with Crippen molar-refractivity contribution in [2.45, 2.75) is 12.8 Å². The van der Waals surface area contributed by atoms with E-state index < -0.39 is 0 Å². The number of rotatable bonds is 4. The number of benzene rings is 2. The highest BCUT2D eigenvalue weighted by atomic mass is 32.1. The second-order valence-corrected chi connectivity index (χ2v) is 8.06. The van der Waals surface area contributed by atoms with Gasteiger partial charge in [-0.1, -0.05) is 35.6 Å². The summed E-state index contributed by atoms with van der Waals surface area (Å²) in [5, 5.41) is 4.48. The Bertz CT molecular complexity index is 1210. The highest BCUT2D eigenvalue weighted by Gasteiger charge is 2.23. The van der Waals surface area contributed by atoms with Crippen LogP contribution in [-0.4, -0.2) is 36.1 Å². The van der Waals surface area contributed by atoms with Crippen LogP contribution < -0.4 is 15.0 Å². The average Bonchev–Trinajstić information content (AvgIpc) is 3.42. The molecule has 6 nitrogen and oxygen atoms in total. The third-order valence-electron chi connectivity index (χ3n) is 5.18. The highest BCUT2D eigenvalue weighted by Crippen LogP contribution is 2.33. The first-order valence-electron chi connectivity index (χ1n) is 9.62. The van der Waals surface area contributed by atoms with Crippen molar-refractivity contribution in [2.75, 3.05) is 30.4 Å². The lowest BCUT2D eigenvalue weighted by molar-refractivity contribution is 0.102. The quantitative estimate of drug-likeness (QED) is 0.534. The Balaban J connectivity index is 1.54. The topological polar surface area (TPSA) is 67.3 Å². The van der Waals surface area contributed by atoms with Crippen LogP contribution in [0.2, 0.25) is 0 Å². The largest absolute Gasteiger partial charge is 0.494 e. The predicted molar refractivity (Wildman–Crippen MR) is 117 cm³/mol. The van der Waals surface area contributed by atoms with Gasteiger partial charge in [0.2, 0.25) is 0 Å². The fraction of sp³-hybridized carbons (Fsp3) is 0.227. The molecule has 2 aromatic heterocycles. The maximum absolute atomic E-state index is 13.2. The molecule has 2 aromatic carbocycles. The van der Waals surface area contributed by atoms with E-state index >= 15 is 0 Å². The minimum atomic E-state index is -0.192. The zero-order valence-corrected chi connectivity index (χ0v) is 16.8. The summed E-state index contributed by atoms with van der Waals surface area (Å²) in [7, 11) is 1.62. The maximum atomic E-state index is 13.2. The van der Waals surface area contributed by atoms with Gasteiger partial charge in [0, 0.05) is 18.5 Å². The van der Waals surface area contributed by atoms with Crippen molar-refractivity contribution in [3.05, 3.63) is 54.1 Å². The first kappa shape index (κ1) is 17.9. The number of pyridine rings is 1. The number of carbonyl (C=O) groups excluding carboxylic acids is 1. The van der Waals surface area contributed by atoms with Crippen molar-refractivity contribution in [1.82, 2.24) is 9.97 Å². The number of amides is 1. The third kappa shape index (κ3) is 3.27. The van der Waals surface area contributed by atoms with Gasteiger partial charge in [0.25, 0.3) is 5.91 Å². The van der Waals surface area contributed by atoms with Crippen LogP contribution in [0.25, 0.3) is 21.1 Å². The number of carbonyl (C=O) groups is 1. The van der Waals surface area contributed by atoms with Gasteiger partial charge in [0.05, 0.1) is 22.9 Å². The van der Waals surface area contributed by atoms with E-state index in [4.69, 9.17) is 9.72 Å². The van der Waals surface area contributed by atoms with Crippen LogP contribution in [0.4, 0.5) is 10.9 Å². The number of para-hydroxylation sites is 2. The molecule has 7 heteroatoms. The molecule has 1 fully saturated rings. The molecule has 1 aliphatic heterocycles. The van der Waals surface area contributed by atoms with E-state index in [-0.39, 0.29) is 5.91 Å². The molecule has 29 heavy (non-hydrogen) atoms. The number of nitrogens with one attached hydrogen (secondary N) is 1. The number of aromatic nitrogens is 2. The molecule has 0 radical (unpaired) electrons. The lowest BCUT2D eigenvalue weighted by Gasteiger charge is -2.20. The minimum absolute atomic E-state index is 0.192. The predicted octanol–water partition coefficient (Wildman–Crippen LogP) is 4.71. The summed E-state index contributed by atoms with van der Waals surface area (Å²) in [4.78, 5) is 24.8. The molecule has 5 rings (SSSR count). The number of nitrogens with zero attached hydrogens (tertiary/aromatic N) is 3. The lowest BCUT2D eigenvalue weighted by atomic mass is 10.1. The molecule has 0 saturated carbocycles. The Hall–Kier alpha value is -3.19. The van der Waals surface area contributed by atoms with Gasteiger partial charge in [-0.3, -0.25) is 10.1 Å². The van der Waals surface area contributed by atoms with Gasteiger partial charge >= 0.3 is 0 Å². The second kappa shape index (κ2) is 7.33. The van der Waals surface area contributed by atoms with Crippen molar-refractivity contribution >= 4 is 49.3 Å². The zero-order valence-electron chi connectivity index (χ0n) is 16.0. The molecule has 0 bridgehead atoms. The molecule has 1 amide bonds. The Kier molecular flexibility index (Phi) is 4.52. The van der Waals surface area contributed by atoms with Gasteiger partial charge in [0.15, 0.2) is 5.13 Å². The van der Waals surface area contributed by atoms with E-state index in [1.54, 1.807) is 7.11 Å². The SMILES string of the molecule is COc1cccc2sc(NC(=O)c3cc4ccccc4nc3N3CCCC3)nc12. The molecular formula is C22H20N4O2S. The molecule has 1 aliphatic rings. The van der Waals surface area contributed by atoms with Crippen molar-refractivity contribution in [1.29, 1.82) is 0 Å². The standard InChI is InChI=1S/C22H20N4O2S/c1-28-17-9-6-10-18-19(17)24-22(29-18)25-21(27)15-13-14-7-2-3-8-16(14)23-20(15)26-11-4-5-12-26/h2-3,6-10,13H,4-5,11-12H2,1H3,(H,24,25,27). The van der Waals surface area contributed by atoms with E-state index in [2.05, 4.69) is 15.2 Å². The molecular weight excluding hydrogens is 384 g/mol. The van der Waals surface area contributed by atoms with Gasteiger partial charge in [-0.2, -0.15) is 0 Å². The second-order valence-electron chi connectivity index (χ2n) is 7.03. The summed E-state index contributed by atoms with van der Waals surface area (Å²) in [6.45, 7) is 1.84. The Morgan fingerprint density at radius 2 is 1.93 bits per heavy atom. The normalized spacial score (nSPS) is 13.9. The molecule has 1 saturated heterocycles. The van der Waals surface area contributed by atoms with Gasteiger partial charge in [0.1, 0.15) is 17.1 Å². The molecule has 4 aromatic rings. The molecule has 0 spiro atoms. The summed E-state index contributed by atoms with van der Waals surface area (Å²) in [6.07, 6.45) is 2.24. The van der Waals surface area contributed by atoms with Crippen molar-refractivity contribution in [2.24, 2.45) is 0 Å². The van der Waals surface area contributed by atoms with Crippen LogP contribution >= 0.6 is 11.3 Å². The summed E-state index contributed by atoms with van der Waals surface area (Å²) >= 11 is 1.43. The number of hydrogen-bond donors (Lipinski definition) is 1. The first-order valence-corrected chi connectivity index (χ1v) is 10.4. The first-order chi connectivity index (χ1) is 14.2. The molecule has 146 valence electrons. The van der Waals surface area contributed by atoms with Gasteiger partial charge in [-0.15, -0.1) is 0 Å². The number of thiazole rings is 1. The molecule has 0 unspecified atom stereocenters. The summed E-state index contributed by atoms with van der Waals surface area (Å²) in [5.74, 6) is 1.25. The van der Waals surface area contributed by atoms with Crippen LogP contribution in [-0.2, 0) is 0 Å². The highest BCUT2D eigenvalue weighted by molar-refractivity contribution is 7.22. The molecule has 3 heterocycles. The fourth-order valence-corrected chi connectivity index (χ4v) is 4.63. The van der Waals surface area contributed by atoms with Crippen molar-refractivity contribution in [3.63, 3.8) is 0 Å². The van der Waals surface area contributed by atoms with Gasteiger partial charge < -0.3 is 9.64 Å². The molecule has 1 N–H and O–H groups in total.